The zero-order valence-corrected chi connectivity index (χ0v) is 21.3. The zero-order chi connectivity index (χ0) is 25.0. The normalized spacial score (nSPS) is 19.2. The molecule has 0 atom stereocenters. The molecule has 2 fully saturated rings. The molecule has 4 rings (SSSR count). The van der Waals surface area contributed by atoms with Gasteiger partial charge < -0.3 is 4.74 Å². The first-order valence-electron chi connectivity index (χ1n) is 12.7. The Morgan fingerprint density at radius 1 is 1.09 bits per heavy atom. The Kier molecular flexibility index (Phi) is 7.75. The average molecular weight is 481 g/mol. The number of urea groups is 1. The standard InChI is InChI=1S/C28H37FN4O2/c1-20(2)11-14-30-26-28(33(27(34)31-26)24-9-6-8-23(29)18-24)12-15-32(16-13-28)19-22-7-5-10-25(17-22)35-21(3)4/h5-10,17-18,20-21H,11-16,19H2,1-4H3,(H,30,31,34). The van der Waals surface area contributed by atoms with Gasteiger partial charge in [0.15, 0.2) is 0 Å². The quantitative estimate of drug-likeness (QED) is 0.533. The highest BCUT2D eigenvalue weighted by atomic mass is 19.1. The van der Waals surface area contributed by atoms with Gasteiger partial charge in [-0.1, -0.05) is 32.0 Å². The lowest BCUT2D eigenvalue weighted by Gasteiger charge is -2.43. The minimum atomic E-state index is -0.582. The summed E-state index contributed by atoms with van der Waals surface area (Å²) in [6.45, 7) is 11.5. The second-order valence-electron chi connectivity index (χ2n) is 10.3. The molecule has 7 heteroatoms. The van der Waals surface area contributed by atoms with Crippen LogP contribution in [0, 0.1) is 11.7 Å². The summed E-state index contributed by atoms with van der Waals surface area (Å²) in [5.74, 6) is 1.79. The van der Waals surface area contributed by atoms with Gasteiger partial charge in [0.2, 0.25) is 0 Å². The molecule has 188 valence electrons. The van der Waals surface area contributed by atoms with Crippen LogP contribution in [0.3, 0.4) is 0 Å². The lowest BCUT2D eigenvalue weighted by atomic mass is 9.85. The third-order valence-electron chi connectivity index (χ3n) is 6.70. The molecule has 0 bridgehead atoms. The molecule has 6 nitrogen and oxygen atoms in total. The third kappa shape index (κ3) is 5.84. The first-order chi connectivity index (χ1) is 16.8. The van der Waals surface area contributed by atoms with E-state index >= 15 is 0 Å². The summed E-state index contributed by atoms with van der Waals surface area (Å²) in [4.78, 5) is 22.1. The van der Waals surface area contributed by atoms with Gasteiger partial charge in [-0.15, -0.1) is 0 Å². The molecule has 2 amide bonds. The summed E-state index contributed by atoms with van der Waals surface area (Å²) in [5, 5.41) is 3.03. The molecule has 2 saturated heterocycles. The number of hydrogen-bond donors (Lipinski definition) is 1. The maximum atomic E-state index is 14.1. The molecule has 2 aromatic carbocycles. The van der Waals surface area contributed by atoms with Crippen LogP contribution in [-0.2, 0) is 6.54 Å². The van der Waals surface area contributed by atoms with Crippen molar-refractivity contribution < 1.29 is 13.9 Å². The van der Waals surface area contributed by atoms with Gasteiger partial charge in [-0.3, -0.25) is 20.1 Å². The summed E-state index contributed by atoms with van der Waals surface area (Å²) in [5.41, 5.74) is 1.19. The highest BCUT2D eigenvalue weighted by Gasteiger charge is 2.52. The van der Waals surface area contributed by atoms with Crippen LogP contribution in [0.1, 0.15) is 52.5 Å². The Balaban J connectivity index is 1.55. The van der Waals surface area contributed by atoms with E-state index in [2.05, 4.69) is 36.2 Å². The van der Waals surface area contributed by atoms with E-state index < -0.39 is 5.54 Å². The molecule has 0 aromatic heterocycles. The fourth-order valence-electron chi connectivity index (χ4n) is 4.96. The van der Waals surface area contributed by atoms with Crippen LogP contribution in [-0.4, -0.2) is 48.0 Å². The summed E-state index contributed by atoms with van der Waals surface area (Å²) in [6, 6.07) is 14.3. The van der Waals surface area contributed by atoms with Crippen molar-refractivity contribution >= 4 is 17.6 Å². The average Bonchev–Trinajstić information content (AvgIpc) is 3.05. The maximum absolute atomic E-state index is 14.1. The van der Waals surface area contributed by atoms with Gasteiger partial charge in [-0.05, 0) is 74.9 Å². The molecule has 0 aliphatic carbocycles. The number of aliphatic imine (C=N–C) groups is 1. The number of rotatable bonds is 8. The summed E-state index contributed by atoms with van der Waals surface area (Å²) in [7, 11) is 0. The van der Waals surface area contributed by atoms with Crippen molar-refractivity contribution in [2.75, 3.05) is 24.5 Å². The number of anilines is 1. The van der Waals surface area contributed by atoms with Crippen LogP contribution in [0.4, 0.5) is 14.9 Å². The van der Waals surface area contributed by atoms with Crippen LogP contribution in [0.25, 0.3) is 0 Å². The number of amides is 2. The van der Waals surface area contributed by atoms with Crippen molar-refractivity contribution in [1.82, 2.24) is 10.2 Å². The summed E-state index contributed by atoms with van der Waals surface area (Å²) < 4.78 is 20.0. The van der Waals surface area contributed by atoms with E-state index in [1.54, 1.807) is 17.0 Å². The summed E-state index contributed by atoms with van der Waals surface area (Å²) >= 11 is 0. The van der Waals surface area contributed by atoms with Gasteiger partial charge >= 0.3 is 6.03 Å². The number of hydrogen-bond acceptors (Lipinski definition) is 4. The molecular weight excluding hydrogens is 443 g/mol. The zero-order valence-electron chi connectivity index (χ0n) is 21.3. The number of amidine groups is 1. The van der Waals surface area contributed by atoms with Gasteiger partial charge in [0.25, 0.3) is 0 Å². The van der Waals surface area contributed by atoms with Crippen molar-refractivity contribution in [1.29, 1.82) is 0 Å². The Bertz CT molecular complexity index is 1060. The van der Waals surface area contributed by atoms with Gasteiger partial charge in [0, 0.05) is 31.9 Å². The Morgan fingerprint density at radius 3 is 2.51 bits per heavy atom. The number of nitrogens with zero attached hydrogens (tertiary/aromatic N) is 3. The number of ether oxygens (including phenoxy) is 1. The van der Waals surface area contributed by atoms with Crippen LogP contribution in [0.5, 0.6) is 5.75 Å². The maximum Gasteiger partial charge on any atom is 0.328 e. The van der Waals surface area contributed by atoms with E-state index in [0.29, 0.717) is 18.2 Å². The molecule has 2 aliphatic heterocycles. The van der Waals surface area contributed by atoms with E-state index in [-0.39, 0.29) is 18.0 Å². The molecule has 0 saturated carbocycles. The molecular formula is C28H37FN4O2. The topological polar surface area (TPSA) is 57.2 Å². The SMILES string of the molecule is CC(C)CCN=C1NC(=O)N(c2cccc(F)c2)C12CCN(Cc1cccc(OC(C)C)c1)CC2. The molecule has 0 radical (unpaired) electrons. The molecule has 2 aromatic rings. The highest BCUT2D eigenvalue weighted by Crippen LogP contribution is 2.38. The Labute approximate surface area is 208 Å². The van der Waals surface area contributed by atoms with Gasteiger partial charge in [0.1, 0.15) is 22.9 Å². The lowest BCUT2D eigenvalue weighted by molar-refractivity contribution is 0.183. The predicted molar refractivity (Wildman–Crippen MR) is 139 cm³/mol. The van der Waals surface area contributed by atoms with E-state index in [0.717, 1.165) is 50.5 Å². The van der Waals surface area contributed by atoms with E-state index in [1.165, 1.54) is 17.7 Å². The predicted octanol–water partition coefficient (Wildman–Crippen LogP) is 5.62. The van der Waals surface area contributed by atoms with E-state index in [1.807, 2.05) is 26.0 Å². The molecule has 2 heterocycles. The number of halogens is 1. The first-order valence-corrected chi connectivity index (χ1v) is 12.7. The van der Waals surface area contributed by atoms with E-state index in [4.69, 9.17) is 9.73 Å². The molecule has 2 aliphatic rings. The van der Waals surface area contributed by atoms with Crippen molar-refractivity contribution in [3.8, 4) is 5.75 Å². The summed E-state index contributed by atoms with van der Waals surface area (Å²) in [6.07, 6.45) is 2.54. The minimum Gasteiger partial charge on any atom is -0.491 e. The van der Waals surface area contributed by atoms with Crippen LogP contribution in [0.2, 0.25) is 0 Å². The second kappa shape index (κ2) is 10.8. The Morgan fingerprint density at radius 2 is 1.83 bits per heavy atom. The Hall–Kier alpha value is -2.93. The van der Waals surface area contributed by atoms with Crippen molar-refractivity contribution in [3.63, 3.8) is 0 Å². The van der Waals surface area contributed by atoms with Crippen molar-refractivity contribution in [2.45, 2.75) is 65.1 Å². The minimum absolute atomic E-state index is 0.134. The van der Waals surface area contributed by atoms with Crippen LogP contribution >= 0.6 is 0 Å². The van der Waals surface area contributed by atoms with Gasteiger partial charge in [-0.2, -0.15) is 0 Å². The second-order valence-corrected chi connectivity index (χ2v) is 10.3. The van der Waals surface area contributed by atoms with Gasteiger partial charge in [0.05, 0.1) is 6.10 Å². The number of benzene rings is 2. The largest absolute Gasteiger partial charge is 0.491 e. The lowest BCUT2D eigenvalue weighted by Crippen LogP contribution is -2.56. The van der Waals surface area contributed by atoms with Crippen molar-refractivity contribution in [2.24, 2.45) is 10.9 Å². The van der Waals surface area contributed by atoms with Crippen LogP contribution < -0.4 is 15.0 Å². The van der Waals surface area contributed by atoms with Gasteiger partial charge in [-0.25, -0.2) is 9.18 Å². The third-order valence-corrected chi connectivity index (χ3v) is 6.70. The monoisotopic (exact) mass is 480 g/mol. The highest BCUT2D eigenvalue weighted by molar-refractivity contribution is 6.19. The fraction of sp³-hybridized carbons (Fsp3) is 0.500. The van der Waals surface area contributed by atoms with E-state index in [9.17, 15) is 9.18 Å². The van der Waals surface area contributed by atoms with Crippen LogP contribution in [0.15, 0.2) is 53.5 Å². The molecule has 0 unspecified atom stereocenters. The fourth-order valence-corrected chi connectivity index (χ4v) is 4.96. The molecule has 1 N–H and O–H groups in total. The number of nitrogens with one attached hydrogen (secondary N) is 1. The van der Waals surface area contributed by atoms with Crippen molar-refractivity contribution in [3.05, 3.63) is 59.9 Å². The smallest absolute Gasteiger partial charge is 0.328 e. The number of likely N-dealkylation sites (tertiary alicyclic amines) is 1. The molecule has 35 heavy (non-hydrogen) atoms. The molecule has 1 spiro atoms. The number of carbonyl (C=O) groups excluding carboxylic acids is 1. The number of carbonyl (C=O) groups is 1. The number of piperidine rings is 1. The first kappa shape index (κ1) is 25.2.